The number of H-pyrrole nitrogens is 1. The molecule has 1 atom stereocenters. The van der Waals surface area contributed by atoms with Gasteiger partial charge in [0, 0.05) is 151 Å². The second-order valence-electron chi connectivity index (χ2n) is 33.4. The van der Waals surface area contributed by atoms with E-state index >= 15 is 4.39 Å². The van der Waals surface area contributed by atoms with Crippen LogP contribution in [0.15, 0.2) is 263 Å². The zero-order chi connectivity index (χ0) is 98.5. The number of rotatable bonds is 25. The van der Waals surface area contributed by atoms with Gasteiger partial charge in [-0.25, -0.2) is 44.3 Å². The number of piperidine rings is 1. The van der Waals surface area contributed by atoms with E-state index in [1.54, 1.807) is 139 Å². The van der Waals surface area contributed by atoms with Crippen LogP contribution in [0.25, 0.3) is 66.9 Å². The van der Waals surface area contributed by atoms with E-state index in [4.69, 9.17) is 36.8 Å². The summed E-state index contributed by atoms with van der Waals surface area (Å²) in [6, 6.07) is 50.4. The molecule has 3 aliphatic rings. The van der Waals surface area contributed by atoms with Gasteiger partial charge in [-0.1, -0.05) is 91.5 Å². The number of benzene rings is 7. The standard InChI is InChI=1S/C30H34N8O2.C25H23N7O3.C24H22ClN5O3.C24H25FN6O/c1-20-13-14-32-24(19-20)34-30(40)22-11-9-21(10-12-22)26-27-28(31)33-15-18-38(27)29(35-26)23-7-4-5-17-37(23)25(39)8-6-16-36(2)3;1-2-21(33)27-19-5-3-4-17(14-19)22-20-15-26-31-23(20)30-25(29-22)28-18-8-6-16(7-9-18)24(34)32-10-12-35-13-11-32;1-2-21(31)27-19-5-3-4-17(14-19)22-20(25)15-26-24(29-22)28-18-8-6-16(7-9-18)23(32)30-10-12-33-13-11-30;1-16-8-5-6-9-18(16)27-24-22-14-26-15-31(22)21-13-20(17(25)12-19(21)28-24)30(4)23(32)10-7-11-29(2)3/h6,8-15,18-19,23H,4-5,7,16-17H2,1-3H3,(H2,31,33)(H,32,34,40);2-9,14-15H,1,10-13H2,(H,27,33)(H2,26,28,29,30,31);2-9,14-15H,1,10-13H2,(H,27,31)(H,26,28,29);5-10,12-15H,11H2,1-4H3,(H,27,28)/b8-6+;;;10-7+/t23-;;;/m0.../s1. The Bertz CT molecular complexity index is 7140. The number of likely N-dealkylation sites (N-methyl/N-ethyl adjacent to an activating group) is 3. The van der Waals surface area contributed by atoms with E-state index in [0.717, 1.165) is 80.9 Å². The number of hydrogen-bond acceptors (Lipinski definition) is 25. The van der Waals surface area contributed by atoms with E-state index in [1.165, 1.54) is 35.4 Å². The SMILES string of the molecule is C=CC(=O)Nc1cccc(-c2nc(Nc3ccc(C(=O)N4CCOCC4)cc3)nc3[nH]ncc23)c1.C=CC(=O)Nc1cccc(-c2nc(Nc3ccc(C(=O)N4CCOCC4)cc3)ncc2Cl)c1.Cc1ccccc1Nc1nc2cc(F)c(N(C)C(=O)/C=C/CN(C)C)cc2n2cncc12.Cc1ccnc(NC(=O)c2ccc(-c3nc([C@@H]4CCCCN4C(=O)/C=C/CN(C)C)n4ccnc(N)c34)cc2)c1. The minimum Gasteiger partial charge on any atom is -0.382 e. The molecule has 140 heavy (non-hydrogen) atoms. The maximum atomic E-state index is 15.0. The second-order valence-corrected chi connectivity index (χ2v) is 33.8. The fraction of sp³-hybridized carbons (Fsp3) is 0.214. The van der Waals surface area contributed by atoms with Gasteiger partial charge in [-0.15, -0.1) is 0 Å². The summed E-state index contributed by atoms with van der Waals surface area (Å²) >= 11 is 6.34. The maximum absolute atomic E-state index is 15.0. The number of halogens is 2. The smallest absolute Gasteiger partial charge is 0.256 e. The van der Waals surface area contributed by atoms with Gasteiger partial charge in [-0.2, -0.15) is 10.1 Å². The van der Waals surface area contributed by atoms with E-state index < -0.39 is 5.82 Å². The van der Waals surface area contributed by atoms with Crippen molar-refractivity contribution < 1.29 is 47.4 Å². The number of carbonyl (C=O) groups is 7. The van der Waals surface area contributed by atoms with Crippen molar-refractivity contribution in [3.8, 4) is 33.8 Å². The number of morpholine rings is 2. The Balaban J connectivity index is 0.000000142. The van der Waals surface area contributed by atoms with Gasteiger partial charge in [-0.05, 0) is 194 Å². The van der Waals surface area contributed by atoms with Gasteiger partial charge in [0.05, 0.1) is 95.9 Å². The Morgan fingerprint density at radius 3 is 1.81 bits per heavy atom. The van der Waals surface area contributed by atoms with Crippen LogP contribution in [0.3, 0.4) is 0 Å². The molecule has 3 fully saturated rings. The lowest BCUT2D eigenvalue weighted by Crippen LogP contribution is -2.40. The molecule has 3 aliphatic heterocycles. The monoisotopic (exact) mass is 1900 g/mol. The maximum Gasteiger partial charge on any atom is 0.256 e. The molecule has 714 valence electrons. The molecule has 18 rings (SSSR count). The number of likely N-dealkylation sites (tertiary alicyclic amines) is 1. The number of nitrogen functional groups attached to an aromatic ring is 1. The van der Waals surface area contributed by atoms with Crippen molar-refractivity contribution in [2.24, 2.45) is 0 Å². The zero-order valence-corrected chi connectivity index (χ0v) is 78.9. The summed E-state index contributed by atoms with van der Waals surface area (Å²) in [4.78, 5) is 138. The number of nitrogens with two attached hydrogens (primary N) is 1. The number of nitrogens with one attached hydrogen (secondary N) is 7. The highest BCUT2D eigenvalue weighted by Crippen LogP contribution is 2.39. The number of imidazole rings is 2. The summed E-state index contributed by atoms with van der Waals surface area (Å²) in [6.45, 7) is 17.5. The van der Waals surface area contributed by atoms with Crippen molar-refractivity contribution in [1.82, 2.24) is 88.4 Å². The lowest BCUT2D eigenvalue weighted by molar-refractivity contribution is -0.130. The first-order chi connectivity index (χ1) is 67.8. The van der Waals surface area contributed by atoms with Crippen molar-refractivity contribution in [1.29, 1.82) is 0 Å². The third kappa shape index (κ3) is 24.4. The van der Waals surface area contributed by atoms with Gasteiger partial charge >= 0.3 is 0 Å². The third-order valence-electron chi connectivity index (χ3n) is 22.8. The van der Waals surface area contributed by atoms with Crippen molar-refractivity contribution in [2.75, 3.05) is 150 Å². The Labute approximate surface area is 811 Å². The topological polar surface area (TPSA) is 409 Å². The van der Waals surface area contributed by atoms with Crippen LogP contribution >= 0.6 is 11.6 Å². The summed E-state index contributed by atoms with van der Waals surface area (Å²) < 4.78 is 29.4. The zero-order valence-electron chi connectivity index (χ0n) is 78.1. The fourth-order valence-corrected chi connectivity index (χ4v) is 15.8. The summed E-state index contributed by atoms with van der Waals surface area (Å²) in [7, 11) is 9.31. The molecule has 7 aromatic carbocycles. The average Bonchev–Trinajstić information content (AvgIpc) is 1.45. The van der Waals surface area contributed by atoms with Gasteiger partial charge in [0.25, 0.3) is 23.6 Å². The molecule has 0 radical (unpaired) electrons. The molecule has 37 heteroatoms. The average molecular weight is 1900 g/mol. The largest absolute Gasteiger partial charge is 0.382 e. The number of hydrogen-bond donors (Lipinski definition) is 8. The molecule has 3 saturated heterocycles. The van der Waals surface area contributed by atoms with E-state index in [1.807, 2.05) is 163 Å². The van der Waals surface area contributed by atoms with Gasteiger partial charge in [0.2, 0.25) is 29.6 Å². The Morgan fingerprint density at radius 2 is 1.19 bits per heavy atom. The molecule has 15 aromatic rings. The van der Waals surface area contributed by atoms with Crippen LogP contribution in [-0.4, -0.2) is 237 Å². The number of para-hydroxylation sites is 1. The molecule has 8 aromatic heterocycles. The van der Waals surface area contributed by atoms with Gasteiger partial charge in [0.15, 0.2) is 11.5 Å². The first kappa shape index (κ1) is 97.9. The van der Waals surface area contributed by atoms with E-state index in [0.29, 0.717) is 174 Å². The highest BCUT2D eigenvalue weighted by molar-refractivity contribution is 6.33. The fourth-order valence-electron chi connectivity index (χ4n) is 15.6. The summed E-state index contributed by atoms with van der Waals surface area (Å²) in [5.74, 6) is 1.16. The predicted molar refractivity (Wildman–Crippen MR) is 542 cm³/mol. The van der Waals surface area contributed by atoms with E-state index in [9.17, 15) is 33.6 Å². The number of ether oxygens (including phenoxy) is 2. The van der Waals surface area contributed by atoms with Gasteiger partial charge < -0.3 is 76.5 Å². The Hall–Kier alpha value is -16.7. The van der Waals surface area contributed by atoms with Crippen LogP contribution in [0, 0.1) is 19.7 Å². The summed E-state index contributed by atoms with van der Waals surface area (Å²) in [5, 5.41) is 26.1. The van der Waals surface area contributed by atoms with E-state index in [-0.39, 0.29) is 53.1 Å². The van der Waals surface area contributed by atoms with Crippen molar-refractivity contribution >= 4 is 150 Å². The highest BCUT2D eigenvalue weighted by atomic mass is 35.5. The lowest BCUT2D eigenvalue weighted by atomic mass is 10.0. The molecule has 0 saturated carbocycles. The number of aromatic amines is 1. The van der Waals surface area contributed by atoms with Crippen LogP contribution in [0.5, 0.6) is 0 Å². The van der Waals surface area contributed by atoms with Crippen LogP contribution in [0.4, 0.5) is 67.9 Å². The normalized spacial score (nSPS) is 13.7. The van der Waals surface area contributed by atoms with Crippen molar-refractivity contribution in [3.05, 3.63) is 307 Å². The molecule has 35 nitrogen and oxygen atoms in total. The molecule has 11 heterocycles. The van der Waals surface area contributed by atoms with Crippen molar-refractivity contribution in [2.45, 2.75) is 39.2 Å². The van der Waals surface area contributed by atoms with Crippen LogP contribution in [-0.2, 0) is 28.7 Å². The molecular formula is C103H104ClFN26O9. The Morgan fingerprint density at radius 1 is 0.571 bits per heavy atom. The molecule has 0 spiro atoms. The lowest BCUT2D eigenvalue weighted by Gasteiger charge is -2.34. The molecule has 0 unspecified atom stereocenters. The molecular weight excluding hydrogens is 1800 g/mol. The number of pyridine rings is 1. The molecule has 0 aliphatic carbocycles. The molecule has 0 bridgehead atoms. The van der Waals surface area contributed by atoms with Gasteiger partial charge in [-0.3, -0.25) is 47.5 Å². The highest BCUT2D eigenvalue weighted by Gasteiger charge is 2.33. The number of amides is 7. The second kappa shape index (κ2) is 45.8. The number of fused-ring (bicyclic) bond motifs is 5. The van der Waals surface area contributed by atoms with Gasteiger partial charge in [0.1, 0.15) is 40.0 Å². The van der Waals surface area contributed by atoms with E-state index in [2.05, 4.69) is 90.1 Å². The summed E-state index contributed by atoms with van der Waals surface area (Å²) in [6.07, 6.45) is 23.6. The molecule has 9 N–H and O–H groups in total. The predicted octanol–water partition coefficient (Wildman–Crippen LogP) is 15.8. The Kier molecular flexibility index (Phi) is 32.0. The number of nitrogens with zero attached hydrogens (tertiary/aromatic N) is 18. The van der Waals surface area contributed by atoms with Crippen molar-refractivity contribution in [3.63, 3.8) is 0 Å². The quantitative estimate of drug-likeness (QED) is 0.0246. The first-order valence-corrected chi connectivity index (χ1v) is 45.4. The number of aryl methyl sites for hydroxylation is 2. The minimum absolute atomic E-state index is 0.0132. The number of aromatic nitrogens is 13. The number of carbonyl (C=O) groups excluding carboxylic acids is 7. The van der Waals surface area contributed by atoms with Crippen LogP contribution < -0.4 is 42.5 Å². The van der Waals surface area contributed by atoms with Crippen LogP contribution in [0.1, 0.15) is 73.3 Å². The minimum atomic E-state index is -0.525. The summed E-state index contributed by atoms with van der Waals surface area (Å²) in [5.41, 5.74) is 21.2. The number of anilines is 11. The third-order valence-corrected chi connectivity index (χ3v) is 23.1. The molecule has 7 amide bonds. The first-order valence-electron chi connectivity index (χ1n) is 45.1. The van der Waals surface area contributed by atoms with Crippen LogP contribution in [0.2, 0.25) is 5.02 Å².